The number of benzene rings is 2. The molecule has 0 unspecified atom stereocenters. The van der Waals surface area contributed by atoms with Gasteiger partial charge in [-0.05, 0) is 36.4 Å². The third-order valence-electron chi connectivity index (χ3n) is 3.63. The molecule has 24 heavy (non-hydrogen) atoms. The van der Waals surface area contributed by atoms with E-state index in [0.717, 1.165) is 17.1 Å². The average Bonchev–Trinajstić information content (AvgIpc) is 2.58. The lowest BCUT2D eigenvalue weighted by Crippen LogP contribution is -2.31. The van der Waals surface area contributed by atoms with Gasteiger partial charge in [-0.15, -0.1) is 5.10 Å². The van der Waals surface area contributed by atoms with E-state index in [4.69, 9.17) is 9.47 Å². The summed E-state index contributed by atoms with van der Waals surface area (Å²) in [5.74, 6) is 1.22. The number of methoxy groups -OCH3 is 1. The molecule has 0 atom stereocenters. The molecule has 3 aromatic rings. The summed E-state index contributed by atoms with van der Waals surface area (Å²) in [6.07, 6.45) is 1.65. The Morgan fingerprint density at radius 1 is 1.21 bits per heavy atom. The Labute approximate surface area is 139 Å². The molecule has 1 N–H and O–H groups in total. The highest BCUT2D eigenvalue weighted by molar-refractivity contribution is 5.93. The Balaban J connectivity index is 1.61. The molecule has 1 heterocycles. The van der Waals surface area contributed by atoms with Gasteiger partial charge in [-0.2, -0.15) is 0 Å². The molecule has 0 aliphatic heterocycles. The average molecular weight is 326 g/mol. The molecule has 0 aliphatic rings. The van der Waals surface area contributed by atoms with Crippen LogP contribution in [0.2, 0.25) is 0 Å². The Morgan fingerprint density at radius 2 is 1.96 bits per heavy atom. The fourth-order valence-corrected chi connectivity index (χ4v) is 2.15. The van der Waals surface area contributed by atoms with Gasteiger partial charge in [-0.1, -0.05) is 6.07 Å². The van der Waals surface area contributed by atoms with Crippen molar-refractivity contribution in [2.24, 2.45) is 0 Å². The molecule has 0 saturated carbocycles. The molecule has 3 rings (SSSR count). The zero-order valence-corrected chi connectivity index (χ0v) is 13.5. The number of nitrogens with one attached hydrogen (secondary N) is 1. The topological polar surface area (TPSA) is 72.4 Å². The highest BCUT2D eigenvalue weighted by Gasteiger charge is 2.12. The summed E-state index contributed by atoms with van der Waals surface area (Å²) in [6.45, 7) is -0.0481. The minimum atomic E-state index is -0.144. The van der Waals surface area contributed by atoms with Crippen LogP contribution in [0.3, 0.4) is 0 Å². The van der Waals surface area contributed by atoms with Crippen LogP contribution in [0.25, 0.3) is 5.69 Å². The number of likely N-dealkylation sites (N-methyl/N-ethyl adjacent to an activating group) is 1. The Bertz CT molecular complexity index is 798. The number of amides is 1. The van der Waals surface area contributed by atoms with Crippen LogP contribution in [-0.2, 0) is 4.79 Å². The first-order valence-corrected chi connectivity index (χ1v) is 7.39. The van der Waals surface area contributed by atoms with Gasteiger partial charge in [-0.3, -0.25) is 4.79 Å². The molecule has 1 amide bonds. The fourth-order valence-electron chi connectivity index (χ4n) is 2.15. The number of aromatic nitrogens is 3. The van der Waals surface area contributed by atoms with Gasteiger partial charge in [0.15, 0.2) is 6.61 Å². The minimum absolute atomic E-state index is 0.0481. The molecule has 0 fully saturated rings. The van der Waals surface area contributed by atoms with E-state index in [1.54, 1.807) is 36.1 Å². The Kier molecular flexibility index (Phi) is 4.51. The lowest BCUT2D eigenvalue weighted by atomic mass is 10.3. The number of anilines is 1. The molecule has 0 saturated heterocycles. The van der Waals surface area contributed by atoms with Crippen molar-refractivity contribution in [1.29, 1.82) is 0 Å². The second-order valence-electron chi connectivity index (χ2n) is 5.15. The Morgan fingerprint density at radius 3 is 2.58 bits per heavy atom. The molecule has 1 aromatic heterocycles. The Hall–Kier alpha value is -3.22. The summed E-state index contributed by atoms with van der Waals surface area (Å²) < 4.78 is 12.5. The van der Waals surface area contributed by atoms with Crippen LogP contribution < -0.4 is 14.4 Å². The van der Waals surface area contributed by atoms with Crippen LogP contribution >= 0.6 is 0 Å². The molecule has 124 valence electrons. The van der Waals surface area contributed by atoms with Crippen molar-refractivity contribution in [3.8, 4) is 17.2 Å². The lowest BCUT2D eigenvalue weighted by Gasteiger charge is -2.18. The number of nitrogens with zero attached hydrogens (tertiary/aromatic N) is 3. The summed E-state index contributed by atoms with van der Waals surface area (Å²) in [5.41, 5.74) is 1.66. The van der Waals surface area contributed by atoms with Crippen molar-refractivity contribution >= 4 is 11.6 Å². The third kappa shape index (κ3) is 3.40. The smallest absolute Gasteiger partial charge is 0.264 e. The first-order chi connectivity index (χ1) is 11.7. The summed E-state index contributed by atoms with van der Waals surface area (Å²) in [5, 5.41) is 6.55. The number of carbonyl (C=O) groups is 1. The SMILES string of the molecule is COc1ccc(N(C)C(=O)COc2cccc(-n3cn[nH]3)c2)cc1. The quantitative estimate of drug-likeness (QED) is 0.754. The van der Waals surface area contributed by atoms with Crippen LogP contribution in [0.5, 0.6) is 11.5 Å². The lowest BCUT2D eigenvalue weighted by molar-refractivity contribution is -0.120. The van der Waals surface area contributed by atoms with E-state index >= 15 is 0 Å². The van der Waals surface area contributed by atoms with E-state index in [2.05, 4.69) is 10.3 Å². The van der Waals surface area contributed by atoms with Gasteiger partial charge in [-0.25, -0.2) is 9.90 Å². The van der Waals surface area contributed by atoms with E-state index in [1.807, 2.05) is 42.5 Å². The molecular weight excluding hydrogens is 308 g/mol. The molecule has 0 spiro atoms. The minimum Gasteiger partial charge on any atom is -0.497 e. The van der Waals surface area contributed by atoms with Crippen molar-refractivity contribution in [3.63, 3.8) is 0 Å². The van der Waals surface area contributed by atoms with Gasteiger partial charge in [0.05, 0.1) is 12.8 Å². The van der Waals surface area contributed by atoms with Gasteiger partial charge in [0.1, 0.15) is 17.8 Å². The monoisotopic (exact) mass is 326 g/mol. The number of hydrogen-bond acceptors (Lipinski definition) is 4. The van der Waals surface area contributed by atoms with Crippen molar-refractivity contribution in [1.82, 2.24) is 15.0 Å². The largest absolute Gasteiger partial charge is 0.497 e. The highest BCUT2D eigenvalue weighted by Crippen LogP contribution is 2.19. The zero-order valence-electron chi connectivity index (χ0n) is 13.5. The van der Waals surface area contributed by atoms with Crippen LogP contribution in [0, 0.1) is 0 Å². The van der Waals surface area contributed by atoms with Gasteiger partial charge in [0, 0.05) is 18.8 Å². The zero-order chi connectivity index (χ0) is 16.9. The normalized spacial score (nSPS) is 10.4. The molecule has 7 nitrogen and oxygen atoms in total. The molecule has 0 bridgehead atoms. The number of hydrogen-bond donors (Lipinski definition) is 1. The number of ether oxygens (including phenoxy) is 2. The van der Waals surface area contributed by atoms with Crippen LogP contribution in [0.15, 0.2) is 54.9 Å². The van der Waals surface area contributed by atoms with Crippen molar-refractivity contribution in [2.45, 2.75) is 0 Å². The standard InChI is InChI=1S/C17H18N4O3/c1-20(13-6-8-15(23-2)9-7-13)17(22)11-24-16-5-3-4-14(10-16)21-12-18-19-21/h3-10,12,19H,11H2,1-2H3. The predicted molar refractivity (Wildman–Crippen MR) is 89.8 cm³/mol. The maximum atomic E-state index is 12.3. The number of H-pyrrole nitrogens is 1. The maximum Gasteiger partial charge on any atom is 0.264 e. The van der Waals surface area contributed by atoms with Crippen molar-refractivity contribution in [2.75, 3.05) is 25.7 Å². The molecule has 0 radical (unpaired) electrons. The first-order valence-electron chi connectivity index (χ1n) is 7.39. The fraction of sp³-hybridized carbons (Fsp3) is 0.176. The van der Waals surface area contributed by atoms with Gasteiger partial charge in [0.25, 0.3) is 5.91 Å². The predicted octanol–water partition coefficient (Wildman–Crippen LogP) is 2.25. The van der Waals surface area contributed by atoms with Gasteiger partial charge >= 0.3 is 0 Å². The highest BCUT2D eigenvalue weighted by atomic mass is 16.5. The van der Waals surface area contributed by atoms with Crippen LogP contribution in [-0.4, -0.2) is 41.7 Å². The number of aromatic amines is 1. The van der Waals surface area contributed by atoms with Crippen molar-refractivity contribution < 1.29 is 14.3 Å². The van der Waals surface area contributed by atoms with E-state index in [-0.39, 0.29) is 12.5 Å². The summed E-state index contributed by atoms with van der Waals surface area (Å²) in [7, 11) is 3.32. The van der Waals surface area contributed by atoms with E-state index in [1.165, 1.54) is 0 Å². The van der Waals surface area contributed by atoms with Gasteiger partial charge < -0.3 is 14.4 Å². The molecule has 7 heteroatoms. The summed E-state index contributed by atoms with van der Waals surface area (Å²) in [4.78, 5) is 13.8. The first kappa shape index (κ1) is 15.7. The molecular formula is C17H18N4O3. The second kappa shape index (κ2) is 6.91. The number of carbonyl (C=O) groups excluding carboxylic acids is 1. The van der Waals surface area contributed by atoms with Crippen LogP contribution in [0.4, 0.5) is 5.69 Å². The summed E-state index contributed by atoms with van der Waals surface area (Å²) in [6, 6.07) is 14.7. The number of rotatable bonds is 6. The third-order valence-corrected chi connectivity index (χ3v) is 3.63. The molecule has 2 aromatic carbocycles. The van der Waals surface area contributed by atoms with E-state index < -0.39 is 0 Å². The maximum absolute atomic E-state index is 12.3. The van der Waals surface area contributed by atoms with E-state index in [0.29, 0.717) is 5.75 Å². The molecule has 0 aliphatic carbocycles. The second-order valence-corrected chi connectivity index (χ2v) is 5.15. The van der Waals surface area contributed by atoms with Crippen LogP contribution in [0.1, 0.15) is 0 Å². The van der Waals surface area contributed by atoms with Gasteiger partial charge in [0.2, 0.25) is 0 Å². The van der Waals surface area contributed by atoms with Crippen molar-refractivity contribution in [3.05, 3.63) is 54.9 Å². The summed E-state index contributed by atoms with van der Waals surface area (Å²) >= 11 is 0. The van der Waals surface area contributed by atoms with E-state index in [9.17, 15) is 4.79 Å².